The molecule has 0 saturated carbocycles. The average molecular weight is 153 g/mol. The Morgan fingerprint density at radius 3 is 2.90 bits per heavy atom. The summed E-state index contributed by atoms with van der Waals surface area (Å²) in [5.41, 5.74) is 9.84. The lowest BCUT2D eigenvalue weighted by atomic mass is 10.4. The van der Waals surface area contributed by atoms with E-state index in [0.717, 1.165) is 6.16 Å². The van der Waals surface area contributed by atoms with Gasteiger partial charge in [0.15, 0.2) is 0 Å². The van der Waals surface area contributed by atoms with E-state index >= 15 is 0 Å². The second-order valence-corrected chi connectivity index (χ2v) is 4.56. The molecular weight excluding hydrogens is 141 g/mol. The van der Waals surface area contributed by atoms with Crippen LogP contribution in [0.25, 0.3) is 0 Å². The van der Waals surface area contributed by atoms with Gasteiger partial charge in [0.25, 0.3) is 0 Å². The van der Waals surface area contributed by atoms with Crippen LogP contribution in [0, 0.1) is 0 Å². The summed E-state index contributed by atoms with van der Waals surface area (Å²) in [5.74, 6) is 2.13. The third-order valence-electron chi connectivity index (χ3n) is 1.56. The summed E-state index contributed by atoms with van der Waals surface area (Å²) in [6.07, 6.45) is 3.61. The highest BCUT2D eigenvalue weighted by Crippen LogP contribution is 2.39. The predicted molar refractivity (Wildman–Crippen MR) is 45.9 cm³/mol. The van der Waals surface area contributed by atoms with E-state index in [1.54, 1.807) is 6.07 Å². The minimum absolute atomic E-state index is 0.276. The molecule has 0 spiro atoms. The standard InChI is InChI=1S/C8H12NP/c1-2-3-6-10-7-4-5-8(10)9/h4-5,7H,2-3,6H2,1H3. The summed E-state index contributed by atoms with van der Waals surface area (Å²) < 4.78 is 0. The third-order valence-corrected chi connectivity index (χ3v) is 3.63. The molecule has 0 amide bonds. The Hall–Kier alpha value is -0.420. The fourth-order valence-electron chi connectivity index (χ4n) is 0.923. The lowest BCUT2D eigenvalue weighted by Crippen LogP contribution is -1.68. The second kappa shape index (κ2) is 3.68. The van der Waals surface area contributed by atoms with Crippen LogP contribution in [0.15, 0.2) is 17.9 Å². The average Bonchev–Trinajstić information content (AvgIpc) is 2.31. The van der Waals surface area contributed by atoms with Crippen molar-refractivity contribution in [2.45, 2.75) is 25.9 Å². The predicted octanol–water partition coefficient (Wildman–Crippen LogP) is 3.17. The van der Waals surface area contributed by atoms with Crippen LogP contribution in [0.1, 0.15) is 19.8 Å². The van der Waals surface area contributed by atoms with Gasteiger partial charge in [0.2, 0.25) is 0 Å². The second-order valence-electron chi connectivity index (χ2n) is 2.41. The largest absolute Gasteiger partial charge is 0.146 e. The SMILES string of the molecule is CCCCp1cccc1[N]. The summed E-state index contributed by atoms with van der Waals surface area (Å²) in [6, 6.07) is 3.76. The maximum atomic E-state index is 9.24. The molecule has 0 fully saturated rings. The van der Waals surface area contributed by atoms with Crippen LogP contribution in [0.4, 0.5) is 5.42 Å². The molecule has 0 bridgehead atoms. The van der Waals surface area contributed by atoms with Crippen molar-refractivity contribution < 1.29 is 0 Å². The van der Waals surface area contributed by atoms with Crippen LogP contribution in [-0.4, -0.2) is 0 Å². The number of unbranched alkanes of at least 4 members (excludes halogenated alkanes) is 1. The first kappa shape index (κ1) is 7.68. The van der Waals surface area contributed by atoms with Crippen molar-refractivity contribution in [2.75, 3.05) is 0 Å². The van der Waals surface area contributed by atoms with Gasteiger partial charge in [0.1, 0.15) is 5.42 Å². The van der Waals surface area contributed by atoms with E-state index in [2.05, 4.69) is 12.7 Å². The molecule has 1 heterocycles. The highest BCUT2D eigenvalue weighted by molar-refractivity contribution is 7.51. The molecule has 2 radical (unpaired) electrons. The Labute approximate surface area is 63.3 Å². The molecule has 1 unspecified atom stereocenters. The van der Waals surface area contributed by atoms with Crippen LogP contribution in [0.3, 0.4) is 0 Å². The van der Waals surface area contributed by atoms with E-state index in [4.69, 9.17) is 0 Å². The summed E-state index contributed by atoms with van der Waals surface area (Å²) in [6.45, 7) is 2.18. The Morgan fingerprint density at radius 2 is 2.40 bits per heavy atom. The molecule has 54 valence electrons. The molecule has 0 aliphatic carbocycles. The summed E-state index contributed by atoms with van der Waals surface area (Å²) in [5, 5.41) is 0. The van der Waals surface area contributed by atoms with Crippen LogP contribution < -0.4 is 5.73 Å². The first-order valence-electron chi connectivity index (χ1n) is 3.68. The summed E-state index contributed by atoms with van der Waals surface area (Å²) in [7, 11) is -0.276. The van der Waals surface area contributed by atoms with Crippen molar-refractivity contribution in [2.24, 2.45) is 0 Å². The molecule has 1 atom stereocenters. The Kier molecular flexibility index (Phi) is 2.82. The van der Waals surface area contributed by atoms with Crippen LogP contribution in [-0.2, 0) is 6.16 Å². The molecule has 1 nitrogen and oxygen atoms in total. The van der Waals surface area contributed by atoms with Gasteiger partial charge in [-0.2, -0.15) is 0 Å². The summed E-state index contributed by atoms with van der Waals surface area (Å²) in [4.78, 5) is 0. The zero-order valence-electron chi connectivity index (χ0n) is 6.25. The van der Waals surface area contributed by atoms with Crippen molar-refractivity contribution in [1.82, 2.24) is 5.73 Å². The number of hydrogen-bond acceptors (Lipinski definition) is 0. The van der Waals surface area contributed by atoms with Gasteiger partial charge in [0, 0.05) is 0 Å². The third kappa shape index (κ3) is 1.78. The minimum atomic E-state index is -0.276. The quantitative estimate of drug-likeness (QED) is 0.636. The number of rotatable bonds is 3. The first-order valence-corrected chi connectivity index (χ1v) is 5.28. The molecule has 1 aromatic rings. The molecule has 0 saturated heterocycles. The zero-order chi connectivity index (χ0) is 7.40. The van der Waals surface area contributed by atoms with Crippen molar-refractivity contribution in [3.63, 3.8) is 0 Å². The van der Waals surface area contributed by atoms with E-state index in [1.807, 2.05) is 6.07 Å². The molecule has 0 aromatic carbocycles. The van der Waals surface area contributed by atoms with Crippen LogP contribution in [0.5, 0.6) is 0 Å². The Bertz CT molecular complexity index is 193. The van der Waals surface area contributed by atoms with Crippen LogP contribution in [0.2, 0.25) is 0 Å². The van der Waals surface area contributed by atoms with Crippen molar-refractivity contribution in [3.8, 4) is 0 Å². The lowest BCUT2D eigenvalue weighted by molar-refractivity contribution is 0.855. The molecule has 1 rings (SSSR count). The summed E-state index contributed by atoms with van der Waals surface area (Å²) >= 11 is 0. The molecule has 1 aromatic heterocycles. The highest BCUT2D eigenvalue weighted by atomic mass is 31.1. The van der Waals surface area contributed by atoms with E-state index in [-0.39, 0.29) is 7.53 Å². The van der Waals surface area contributed by atoms with Gasteiger partial charge in [0.05, 0.1) is 0 Å². The van der Waals surface area contributed by atoms with Gasteiger partial charge < -0.3 is 0 Å². The van der Waals surface area contributed by atoms with Gasteiger partial charge >= 0.3 is 0 Å². The van der Waals surface area contributed by atoms with Gasteiger partial charge in [-0.05, 0) is 24.4 Å². The van der Waals surface area contributed by atoms with E-state index in [9.17, 15) is 5.73 Å². The topological polar surface area (TPSA) is 22.3 Å². The Balaban J connectivity index is 2.49. The molecule has 0 N–H and O–H groups in total. The van der Waals surface area contributed by atoms with Crippen molar-refractivity contribution in [1.29, 1.82) is 0 Å². The monoisotopic (exact) mass is 153 g/mol. The fraction of sp³-hybridized carbons (Fsp3) is 0.500. The van der Waals surface area contributed by atoms with Crippen molar-refractivity contribution in [3.05, 3.63) is 17.9 Å². The van der Waals surface area contributed by atoms with Gasteiger partial charge in [-0.1, -0.05) is 26.9 Å². The Morgan fingerprint density at radius 1 is 1.60 bits per heavy atom. The molecule has 0 aliphatic rings. The minimum Gasteiger partial charge on any atom is -0.146 e. The van der Waals surface area contributed by atoms with E-state index < -0.39 is 0 Å². The van der Waals surface area contributed by atoms with Crippen molar-refractivity contribution >= 4 is 13.0 Å². The maximum absolute atomic E-state index is 9.24. The number of aryl methyl sites for hydroxylation is 1. The molecule has 2 heteroatoms. The van der Waals surface area contributed by atoms with Crippen LogP contribution >= 0.6 is 7.53 Å². The van der Waals surface area contributed by atoms with E-state index in [0.29, 0.717) is 5.42 Å². The first-order chi connectivity index (χ1) is 4.84. The van der Waals surface area contributed by atoms with Gasteiger partial charge in [-0.3, -0.25) is 0 Å². The molecule has 0 aliphatic heterocycles. The smallest absolute Gasteiger partial charge is 0.104 e. The number of hydrogen-bond donors (Lipinski definition) is 0. The molecule has 10 heavy (non-hydrogen) atoms. The zero-order valence-corrected chi connectivity index (χ0v) is 7.14. The van der Waals surface area contributed by atoms with Gasteiger partial charge in [-0.25, -0.2) is 0 Å². The highest BCUT2D eigenvalue weighted by Gasteiger charge is 1.97. The normalized spacial score (nSPS) is 11.9. The van der Waals surface area contributed by atoms with E-state index in [1.165, 1.54) is 12.8 Å². The maximum Gasteiger partial charge on any atom is 0.104 e. The number of nitrogens with zero attached hydrogens (tertiary/aromatic N) is 1. The lowest BCUT2D eigenvalue weighted by Gasteiger charge is -1.95. The molecular formula is C8H12NP. The van der Waals surface area contributed by atoms with Gasteiger partial charge in [-0.15, -0.1) is 5.73 Å². The fourth-order valence-corrected chi connectivity index (χ4v) is 2.68.